The molecule has 0 spiro atoms. The Kier molecular flexibility index (Phi) is 8.75. The second kappa shape index (κ2) is 12.4. The van der Waals surface area contributed by atoms with Gasteiger partial charge in [-0.25, -0.2) is 18.4 Å². The maximum Gasteiger partial charge on any atom is 0.243 e. The third kappa shape index (κ3) is 7.20. The van der Waals surface area contributed by atoms with Gasteiger partial charge in [0.2, 0.25) is 21.9 Å². The van der Waals surface area contributed by atoms with Crippen LogP contribution in [0.25, 0.3) is 11.1 Å². The molecule has 10 nitrogen and oxygen atoms in total. The van der Waals surface area contributed by atoms with Crippen LogP contribution < -0.4 is 20.3 Å². The Morgan fingerprint density at radius 3 is 2.33 bits per heavy atom. The molecule has 0 bridgehead atoms. The van der Waals surface area contributed by atoms with E-state index in [0.717, 1.165) is 38.5 Å². The van der Waals surface area contributed by atoms with Crippen molar-refractivity contribution < 1.29 is 13.2 Å². The van der Waals surface area contributed by atoms with Crippen molar-refractivity contribution in [2.45, 2.75) is 20.0 Å². The molecule has 0 atom stereocenters. The van der Waals surface area contributed by atoms with Crippen molar-refractivity contribution in [3.63, 3.8) is 0 Å². The summed E-state index contributed by atoms with van der Waals surface area (Å²) < 4.78 is 25.2. The summed E-state index contributed by atoms with van der Waals surface area (Å²) in [5, 5.41) is 9.27. The Morgan fingerprint density at radius 1 is 1.00 bits per heavy atom. The molecule has 11 heteroatoms. The fourth-order valence-electron chi connectivity index (χ4n) is 3.82. The third-order valence-electron chi connectivity index (χ3n) is 6.16. The number of carbonyl (C=O) groups excluding carboxylic acids is 1. The zero-order valence-electron chi connectivity index (χ0n) is 22.5. The number of anilines is 4. The molecule has 0 aliphatic heterocycles. The van der Waals surface area contributed by atoms with Gasteiger partial charge >= 0.3 is 0 Å². The number of sulfonamides is 1. The lowest BCUT2D eigenvalue weighted by atomic mass is 10.0. The van der Waals surface area contributed by atoms with Gasteiger partial charge in [-0.05, 0) is 47.9 Å². The number of amides is 1. The highest BCUT2D eigenvalue weighted by molar-refractivity contribution is 7.92. The van der Waals surface area contributed by atoms with Crippen molar-refractivity contribution in [3.8, 4) is 11.1 Å². The van der Waals surface area contributed by atoms with Crippen molar-refractivity contribution in [3.05, 3.63) is 102 Å². The first-order valence-electron chi connectivity index (χ1n) is 12.5. The molecule has 3 N–H and O–H groups in total. The average Bonchev–Trinajstić information content (AvgIpc) is 2.96. The molecule has 2 aromatic carbocycles. The van der Waals surface area contributed by atoms with Crippen molar-refractivity contribution in [1.29, 1.82) is 0 Å². The summed E-state index contributed by atoms with van der Waals surface area (Å²) in [5.41, 5.74) is 5.49. The van der Waals surface area contributed by atoms with Gasteiger partial charge in [-0.3, -0.25) is 9.10 Å². The lowest BCUT2D eigenvalue weighted by Crippen LogP contribution is -2.27. The van der Waals surface area contributed by atoms with Crippen LogP contribution in [0, 0.1) is 6.92 Å². The second-order valence-corrected chi connectivity index (χ2v) is 11.1. The zero-order chi connectivity index (χ0) is 28.7. The minimum absolute atomic E-state index is 0.201. The Morgan fingerprint density at radius 2 is 1.68 bits per heavy atom. The monoisotopic (exact) mass is 557 g/mol. The number of aryl methyl sites for hydroxylation is 1. The third-order valence-corrected chi connectivity index (χ3v) is 7.33. The molecule has 0 aliphatic rings. The van der Waals surface area contributed by atoms with Gasteiger partial charge in [0.1, 0.15) is 11.6 Å². The van der Waals surface area contributed by atoms with Gasteiger partial charge in [0.25, 0.3) is 0 Å². The molecular formula is C29H31N7O3S. The van der Waals surface area contributed by atoms with Crippen LogP contribution in [0.15, 0.2) is 85.7 Å². The van der Waals surface area contributed by atoms with Gasteiger partial charge in [-0.2, -0.15) is 4.98 Å². The van der Waals surface area contributed by atoms with Crippen LogP contribution in [0.5, 0.6) is 0 Å². The molecule has 1 amide bonds. The summed E-state index contributed by atoms with van der Waals surface area (Å²) in [5.74, 6) is 1.20. The number of benzene rings is 2. The van der Waals surface area contributed by atoms with Crippen LogP contribution in [0.2, 0.25) is 0 Å². The van der Waals surface area contributed by atoms with Crippen LogP contribution in [0.4, 0.5) is 23.3 Å². The van der Waals surface area contributed by atoms with Gasteiger partial charge in [-0.15, -0.1) is 0 Å². The minimum Gasteiger partial charge on any atom is -0.365 e. The number of hydrogen-bond acceptors (Lipinski definition) is 8. The summed E-state index contributed by atoms with van der Waals surface area (Å²) in [6.07, 6.45) is 5.68. The van der Waals surface area contributed by atoms with Gasteiger partial charge in [-0.1, -0.05) is 49.0 Å². The van der Waals surface area contributed by atoms with Gasteiger partial charge < -0.3 is 16.0 Å². The van der Waals surface area contributed by atoms with Crippen LogP contribution in [0.3, 0.4) is 0 Å². The molecule has 206 valence electrons. The minimum atomic E-state index is -3.45. The molecule has 0 aliphatic carbocycles. The van der Waals surface area contributed by atoms with Crippen LogP contribution in [0.1, 0.15) is 16.7 Å². The Labute approximate surface area is 234 Å². The van der Waals surface area contributed by atoms with E-state index in [-0.39, 0.29) is 5.91 Å². The second-order valence-electron chi connectivity index (χ2n) is 9.12. The standard InChI is InChI=1S/C29H31N7O3S/c1-5-26(37)31-18-21-8-10-22(11-9-21)23-12-14-25(15-13-23)34-29-33-17-20(2)27(35-29)32-19-24-7-6-16-30-28(24)36(3)40(4,38)39/h5-17H,1,18-19H2,2-4H3,(H,31,37)(H2,32,33,34,35). The van der Waals surface area contributed by atoms with Gasteiger partial charge in [0.05, 0.1) is 6.26 Å². The van der Waals surface area contributed by atoms with E-state index in [0.29, 0.717) is 36.2 Å². The van der Waals surface area contributed by atoms with Crippen LogP contribution in [-0.4, -0.2) is 42.6 Å². The highest BCUT2D eigenvalue weighted by Gasteiger charge is 2.17. The predicted molar refractivity (Wildman–Crippen MR) is 159 cm³/mol. The molecule has 40 heavy (non-hydrogen) atoms. The first-order chi connectivity index (χ1) is 19.1. The number of carbonyl (C=O) groups is 1. The van der Waals surface area contributed by atoms with Crippen LogP contribution >= 0.6 is 0 Å². The smallest absolute Gasteiger partial charge is 0.243 e. The van der Waals surface area contributed by atoms with Gasteiger partial charge in [0, 0.05) is 49.3 Å². The van der Waals surface area contributed by atoms with E-state index in [9.17, 15) is 13.2 Å². The molecular weight excluding hydrogens is 526 g/mol. The molecule has 0 fully saturated rings. The summed E-state index contributed by atoms with van der Waals surface area (Å²) in [6, 6.07) is 19.5. The number of rotatable bonds is 11. The fraction of sp³-hybridized carbons (Fsp3) is 0.172. The number of aromatic nitrogens is 3. The van der Waals surface area contributed by atoms with Crippen molar-refractivity contribution in [1.82, 2.24) is 20.3 Å². The van der Waals surface area contributed by atoms with E-state index in [1.165, 1.54) is 13.1 Å². The summed E-state index contributed by atoms with van der Waals surface area (Å²) in [7, 11) is -1.97. The zero-order valence-corrected chi connectivity index (χ0v) is 23.4. The van der Waals surface area contributed by atoms with E-state index in [1.54, 1.807) is 18.5 Å². The number of nitrogens with one attached hydrogen (secondary N) is 3. The molecule has 4 aromatic rings. The lowest BCUT2D eigenvalue weighted by molar-refractivity contribution is -0.116. The normalized spacial score (nSPS) is 11.0. The Hall–Kier alpha value is -4.77. The molecule has 0 unspecified atom stereocenters. The average molecular weight is 558 g/mol. The summed E-state index contributed by atoms with van der Waals surface area (Å²) in [6.45, 7) is 6.12. The summed E-state index contributed by atoms with van der Waals surface area (Å²) in [4.78, 5) is 24.6. The Bertz CT molecular complexity index is 1610. The highest BCUT2D eigenvalue weighted by Crippen LogP contribution is 2.25. The number of hydrogen-bond donors (Lipinski definition) is 3. The molecule has 2 aromatic heterocycles. The molecule has 0 saturated carbocycles. The molecule has 4 rings (SSSR count). The lowest BCUT2D eigenvalue weighted by Gasteiger charge is -2.19. The van der Waals surface area contributed by atoms with Crippen molar-refractivity contribution in [2.75, 3.05) is 28.2 Å². The van der Waals surface area contributed by atoms with Crippen molar-refractivity contribution in [2.24, 2.45) is 0 Å². The number of pyridine rings is 1. The van der Waals surface area contributed by atoms with Crippen molar-refractivity contribution >= 4 is 39.2 Å². The SMILES string of the molecule is C=CC(=O)NCc1ccc(-c2ccc(Nc3ncc(C)c(NCc4cccnc4N(C)S(C)(=O)=O)n3)cc2)cc1. The topological polar surface area (TPSA) is 129 Å². The van der Waals surface area contributed by atoms with E-state index in [4.69, 9.17) is 0 Å². The summed E-state index contributed by atoms with van der Waals surface area (Å²) >= 11 is 0. The molecule has 0 radical (unpaired) electrons. The van der Waals surface area contributed by atoms with E-state index in [1.807, 2.05) is 61.5 Å². The highest BCUT2D eigenvalue weighted by atomic mass is 32.2. The Balaban J connectivity index is 1.42. The first-order valence-corrected chi connectivity index (χ1v) is 14.3. The number of nitrogens with zero attached hydrogens (tertiary/aromatic N) is 4. The first kappa shape index (κ1) is 28.2. The maximum atomic E-state index is 12.0. The fourth-order valence-corrected chi connectivity index (χ4v) is 4.30. The quantitative estimate of drug-likeness (QED) is 0.232. The van der Waals surface area contributed by atoms with E-state index < -0.39 is 10.0 Å². The van der Waals surface area contributed by atoms with Gasteiger partial charge in [0.15, 0.2) is 0 Å². The molecule has 2 heterocycles. The largest absolute Gasteiger partial charge is 0.365 e. The van der Waals surface area contributed by atoms with Crippen LogP contribution in [-0.2, 0) is 27.9 Å². The predicted octanol–water partition coefficient (Wildman–Crippen LogP) is 4.40. The maximum absolute atomic E-state index is 12.0. The molecule has 0 saturated heterocycles. The van der Waals surface area contributed by atoms with E-state index in [2.05, 4.69) is 37.5 Å². The van der Waals surface area contributed by atoms with E-state index >= 15 is 0 Å².